The van der Waals surface area contributed by atoms with Gasteiger partial charge in [-0.1, -0.05) is 12.1 Å². The molecular weight excluding hydrogens is 404 g/mol. The van der Waals surface area contributed by atoms with E-state index < -0.39 is 10.0 Å². The van der Waals surface area contributed by atoms with E-state index in [1.54, 1.807) is 29.8 Å². The van der Waals surface area contributed by atoms with Crippen molar-refractivity contribution < 1.29 is 13.2 Å². The Labute approximate surface area is 175 Å². The summed E-state index contributed by atoms with van der Waals surface area (Å²) in [5.41, 5.74) is 0.846. The minimum Gasteiger partial charge on any atom is -0.311 e. The Kier molecular flexibility index (Phi) is 6.50. The van der Waals surface area contributed by atoms with Crippen LogP contribution in [0.5, 0.6) is 0 Å². The molecule has 0 saturated carbocycles. The van der Waals surface area contributed by atoms with Crippen molar-refractivity contribution in [3.05, 3.63) is 41.6 Å². The first-order chi connectivity index (χ1) is 14.4. The zero-order valence-corrected chi connectivity index (χ0v) is 17.4. The number of rotatable bonds is 6. The normalized spacial score (nSPS) is 15.3. The molecule has 0 spiro atoms. The Morgan fingerprint density at radius 1 is 1.27 bits per heavy atom. The number of nitrogens with one attached hydrogen (secondary N) is 1. The molecule has 1 aromatic carbocycles. The molecule has 2 aromatic rings. The number of piperidine rings is 1. The number of aromatic nitrogens is 2. The third-order valence-corrected chi connectivity index (χ3v) is 7.00. The van der Waals surface area contributed by atoms with E-state index in [0.29, 0.717) is 25.2 Å². The third kappa shape index (κ3) is 4.51. The van der Waals surface area contributed by atoms with Crippen LogP contribution in [0.1, 0.15) is 30.5 Å². The Morgan fingerprint density at radius 2 is 1.97 bits per heavy atom. The molecule has 10 heteroatoms. The quantitative estimate of drug-likeness (QED) is 0.751. The highest BCUT2D eigenvalue weighted by Crippen LogP contribution is 2.26. The zero-order chi connectivity index (χ0) is 21.7. The number of sulfonamides is 1. The Balaban J connectivity index is 1.65. The Bertz CT molecular complexity index is 1120. The van der Waals surface area contributed by atoms with Gasteiger partial charge in [-0.3, -0.25) is 4.79 Å². The molecular formula is C20H22N6O3S. The molecule has 1 N–H and O–H groups in total. The van der Waals surface area contributed by atoms with Crippen molar-refractivity contribution in [3.8, 4) is 12.1 Å². The summed E-state index contributed by atoms with van der Waals surface area (Å²) in [6.45, 7) is 2.59. The number of nitriles is 2. The van der Waals surface area contributed by atoms with Gasteiger partial charge in [0.1, 0.15) is 11.9 Å². The number of anilines is 1. The summed E-state index contributed by atoms with van der Waals surface area (Å²) < 4.78 is 28.8. The topological polar surface area (TPSA) is 132 Å². The van der Waals surface area contributed by atoms with Crippen molar-refractivity contribution in [1.82, 2.24) is 14.1 Å². The molecule has 1 saturated heterocycles. The summed E-state index contributed by atoms with van der Waals surface area (Å²) in [5.74, 6) is 0.00983. The van der Waals surface area contributed by atoms with E-state index in [0.717, 1.165) is 5.69 Å². The molecule has 0 unspecified atom stereocenters. The number of benzene rings is 1. The first-order valence-corrected chi connectivity index (χ1v) is 11.0. The number of aryl methyl sites for hydroxylation is 2. The molecule has 1 aliphatic rings. The third-order valence-electron chi connectivity index (χ3n) is 5.04. The molecule has 30 heavy (non-hydrogen) atoms. The molecule has 0 atom stereocenters. The van der Waals surface area contributed by atoms with Crippen molar-refractivity contribution in [1.29, 1.82) is 10.5 Å². The minimum atomic E-state index is -3.79. The van der Waals surface area contributed by atoms with Crippen LogP contribution in [0.15, 0.2) is 35.2 Å². The lowest BCUT2D eigenvalue weighted by Gasteiger charge is -2.30. The van der Waals surface area contributed by atoms with Gasteiger partial charge in [0, 0.05) is 25.1 Å². The van der Waals surface area contributed by atoms with Crippen LogP contribution < -0.4 is 5.32 Å². The second-order valence-corrected chi connectivity index (χ2v) is 8.98. The summed E-state index contributed by atoms with van der Waals surface area (Å²) >= 11 is 0. The molecule has 0 radical (unpaired) electrons. The van der Waals surface area contributed by atoms with Crippen molar-refractivity contribution in [3.63, 3.8) is 0 Å². The van der Waals surface area contributed by atoms with E-state index in [9.17, 15) is 18.5 Å². The second kappa shape index (κ2) is 9.08. The monoisotopic (exact) mass is 426 g/mol. The molecule has 9 nitrogen and oxygen atoms in total. The summed E-state index contributed by atoms with van der Waals surface area (Å²) in [7, 11) is -3.79. The van der Waals surface area contributed by atoms with E-state index in [2.05, 4.69) is 16.5 Å². The van der Waals surface area contributed by atoms with Gasteiger partial charge in [-0.25, -0.2) is 13.1 Å². The largest absolute Gasteiger partial charge is 0.311 e. The first-order valence-electron chi connectivity index (χ1n) is 9.58. The average molecular weight is 427 g/mol. The fraction of sp³-hybridized carbons (Fsp3) is 0.400. The van der Waals surface area contributed by atoms with Crippen molar-refractivity contribution in [2.75, 3.05) is 18.4 Å². The van der Waals surface area contributed by atoms with Gasteiger partial charge >= 0.3 is 0 Å². The second-order valence-electron chi connectivity index (χ2n) is 7.08. The molecule has 1 fully saturated rings. The van der Waals surface area contributed by atoms with E-state index in [-0.39, 0.29) is 41.8 Å². The summed E-state index contributed by atoms with van der Waals surface area (Å²) in [5, 5.41) is 25.1. The highest BCUT2D eigenvalue weighted by molar-refractivity contribution is 7.89. The standard InChI is InChI=1S/C20H22N6O3S/c1-15-13-19(26(24-15)10-4-9-21)23-20(27)16-7-11-25(12-8-16)30(28,29)18-6-3-2-5-17(18)14-22/h2-3,5-6,13,16H,4,7-8,10-12H2,1H3,(H,23,27). The molecule has 2 heterocycles. The highest BCUT2D eigenvalue weighted by Gasteiger charge is 2.33. The van der Waals surface area contributed by atoms with Gasteiger partial charge in [0.25, 0.3) is 0 Å². The average Bonchev–Trinajstić information content (AvgIpc) is 3.10. The number of carbonyl (C=O) groups is 1. The van der Waals surface area contributed by atoms with Gasteiger partial charge in [-0.15, -0.1) is 0 Å². The number of hydrogen-bond donors (Lipinski definition) is 1. The molecule has 0 aliphatic carbocycles. The van der Waals surface area contributed by atoms with E-state index in [1.807, 2.05) is 6.07 Å². The van der Waals surface area contributed by atoms with Gasteiger partial charge in [0.15, 0.2) is 0 Å². The zero-order valence-electron chi connectivity index (χ0n) is 16.6. The van der Waals surface area contributed by atoms with E-state index in [1.165, 1.54) is 16.4 Å². The Hall–Kier alpha value is -3.21. The van der Waals surface area contributed by atoms with Gasteiger partial charge in [0.05, 0.1) is 35.2 Å². The van der Waals surface area contributed by atoms with Crippen molar-refractivity contribution >= 4 is 21.7 Å². The van der Waals surface area contributed by atoms with Crippen LogP contribution in [-0.2, 0) is 21.4 Å². The maximum absolute atomic E-state index is 12.9. The fourth-order valence-corrected chi connectivity index (χ4v) is 5.09. The first kappa shape index (κ1) is 21.5. The van der Waals surface area contributed by atoms with Crippen molar-refractivity contribution in [2.45, 2.75) is 37.6 Å². The number of carbonyl (C=O) groups excluding carboxylic acids is 1. The van der Waals surface area contributed by atoms with Crippen LogP contribution in [0.3, 0.4) is 0 Å². The molecule has 1 aliphatic heterocycles. The molecule has 3 rings (SSSR count). The Morgan fingerprint density at radius 3 is 2.63 bits per heavy atom. The van der Waals surface area contributed by atoms with Crippen LogP contribution in [-0.4, -0.2) is 41.5 Å². The predicted molar refractivity (Wildman–Crippen MR) is 108 cm³/mol. The molecule has 1 amide bonds. The molecule has 0 bridgehead atoms. The van der Waals surface area contributed by atoms with Gasteiger partial charge in [-0.2, -0.15) is 19.9 Å². The van der Waals surface area contributed by atoms with Crippen LogP contribution >= 0.6 is 0 Å². The lowest BCUT2D eigenvalue weighted by molar-refractivity contribution is -0.121. The number of hydrogen-bond acceptors (Lipinski definition) is 6. The lowest BCUT2D eigenvalue weighted by atomic mass is 9.97. The van der Waals surface area contributed by atoms with Gasteiger partial charge in [0.2, 0.25) is 15.9 Å². The van der Waals surface area contributed by atoms with Crippen LogP contribution in [0.2, 0.25) is 0 Å². The van der Waals surface area contributed by atoms with Crippen LogP contribution in [0, 0.1) is 35.5 Å². The van der Waals surface area contributed by atoms with Crippen LogP contribution in [0.25, 0.3) is 0 Å². The van der Waals surface area contributed by atoms with E-state index in [4.69, 9.17) is 5.26 Å². The minimum absolute atomic E-state index is 0.00716. The van der Waals surface area contributed by atoms with Gasteiger partial charge in [-0.05, 0) is 31.9 Å². The SMILES string of the molecule is Cc1cc(NC(=O)C2CCN(S(=O)(=O)c3ccccc3C#N)CC2)n(CCC#N)n1. The van der Waals surface area contributed by atoms with Crippen LogP contribution in [0.4, 0.5) is 5.82 Å². The van der Waals surface area contributed by atoms with E-state index >= 15 is 0 Å². The maximum atomic E-state index is 12.9. The predicted octanol–water partition coefficient (Wildman–Crippen LogP) is 2.02. The summed E-state index contributed by atoms with van der Waals surface area (Å²) in [6, 6.07) is 11.8. The fourth-order valence-electron chi connectivity index (χ4n) is 3.48. The molecule has 1 aromatic heterocycles. The summed E-state index contributed by atoms with van der Waals surface area (Å²) in [4.78, 5) is 12.7. The van der Waals surface area contributed by atoms with Crippen molar-refractivity contribution in [2.24, 2.45) is 5.92 Å². The smallest absolute Gasteiger partial charge is 0.244 e. The summed E-state index contributed by atoms with van der Waals surface area (Å²) in [6.07, 6.45) is 1.04. The van der Waals surface area contributed by atoms with Gasteiger partial charge < -0.3 is 5.32 Å². The lowest BCUT2D eigenvalue weighted by Crippen LogP contribution is -2.41. The highest BCUT2D eigenvalue weighted by atomic mass is 32.2. The number of amides is 1. The molecule has 156 valence electrons. The number of nitrogens with zero attached hydrogens (tertiary/aromatic N) is 5. The maximum Gasteiger partial charge on any atom is 0.244 e.